The lowest BCUT2D eigenvalue weighted by Gasteiger charge is -2.18. The Hall–Kier alpha value is -3.12. The fourth-order valence-electron chi connectivity index (χ4n) is 3.95. The molecule has 2 N–H and O–H groups in total. The second kappa shape index (κ2) is 6.21. The lowest BCUT2D eigenvalue weighted by molar-refractivity contribution is -0.116. The SMILES string of the molecule is O=C1CCc2cc(S(=O)(=O)Nc3ccc4c(c3)Cc3ccccc3-4)ccc2N1. The molecule has 0 unspecified atom stereocenters. The van der Waals surface area contributed by atoms with Gasteiger partial charge in [0.25, 0.3) is 10.0 Å². The summed E-state index contributed by atoms with van der Waals surface area (Å²) in [5, 5.41) is 2.77. The topological polar surface area (TPSA) is 75.3 Å². The van der Waals surface area contributed by atoms with Gasteiger partial charge in [0.2, 0.25) is 5.91 Å². The van der Waals surface area contributed by atoms with E-state index in [1.165, 1.54) is 17.2 Å². The molecule has 0 spiro atoms. The molecule has 1 heterocycles. The van der Waals surface area contributed by atoms with E-state index in [4.69, 9.17) is 0 Å². The summed E-state index contributed by atoms with van der Waals surface area (Å²) < 4.78 is 28.4. The van der Waals surface area contributed by atoms with Crippen molar-refractivity contribution in [3.63, 3.8) is 0 Å². The average Bonchev–Trinajstić information content (AvgIpc) is 3.05. The molecule has 2 aliphatic rings. The molecule has 1 aliphatic heterocycles. The Morgan fingerprint density at radius 2 is 1.64 bits per heavy atom. The van der Waals surface area contributed by atoms with E-state index in [0.29, 0.717) is 24.2 Å². The van der Waals surface area contributed by atoms with E-state index in [9.17, 15) is 13.2 Å². The minimum Gasteiger partial charge on any atom is -0.326 e. The molecule has 0 fully saturated rings. The maximum absolute atomic E-state index is 12.9. The molecule has 28 heavy (non-hydrogen) atoms. The first kappa shape index (κ1) is 17.0. The van der Waals surface area contributed by atoms with Gasteiger partial charge in [0.15, 0.2) is 0 Å². The zero-order valence-corrected chi connectivity index (χ0v) is 15.8. The van der Waals surface area contributed by atoms with Gasteiger partial charge in [0.1, 0.15) is 0 Å². The number of carbonyl (C=O) groups is 1. The predicted octanol–water partition coefficient (Wildman–Crippen LogP) is 3.94. The molecular weight excluding hydrogens is 372 g/mol. The number of nitrogens with one attached hydrogen (secondary N) is 2. The summed E-state index contributed by atoms with van der Waals surface area (Å²) in [6.07, 6.45) is 1.72. The van der Waals surface area contributed by atoms with Crippen LogP contribution in [0.4, 0.5) is 11.4 Å². The van der Waals surface area contributed by atoms with Crippen molar-refractivity contribution in [3.05, 3.63) is 77.4 Å². The summed E-state index contributed by atoms with van der Waals surface area (Å²) in [5.74, 6) is -0.0413. The standard InChI is InChI=1S/C22H18N2O3S/c25-22-10-5-15-13-18(7-9-21(15)23-22)28(26,27)24-17-6-8-20-16(12-17)11-14-3-1-2-4-19(14)20/h1-4,6-9,12-13,24H,5,10-11H2,(H,23,25). The first-order valence-electron chi connectivity index (χ1n) is 9.16. The average molecular weight is 390 g/mol. The Morgan fingerprint density at radius 3 is 2.54 bits per heavy atom. The lowest BCUT2D eigenvalue weighted by Crippen LogP contribution is -2.20. The van der Waals surface area contributed by atoms with Crippen molar-refractivity contribution >= 4 is 27.3 Å². The molecule has 6 heteroatoms. The highest BCUT2D eigenvalue weighted by Crippen LogP contribution is 2.38. The molecule has 0 saturated carbocycles. The van der Waals surface area contributed by atoms with Crippen molar-refractivity contribution in [1.29, 1.82) is 0 Å². The molecule has 140 valence electrons. The van der Waals surface area contributed by atoms with Crippen LogP contribution in [0, 0.1) is 0 Å². The zero-order chi connectivity index (χ0) is 19.3. The maximum atomic E-state index is 12.9. The van der Waals surface area contributed by atoms with Crippen LogP contribution in [-0.2, 0) is 27.7 Å². The van der Waals surface area contributed by atoms with Crippen LogP contribution in [0.1, 0.15) is 23.1 Å². The van der Waals surface area contributed by atoms with Gasteiger partial charge in [0, 0.05) is 17.8 Å². The molecule has 0 saturated heterocycles. The van der Waals surface area contributed by atoms with Crippen LogP contribution < -0.4 is 10.0 Å². The van der Waals surface area contributed by atoms with Crippen LogP contribution >= 0.6 is 0 Å². The fraction of sp³-hybridized carbons (Fsp3) is 0.136. The first-order chi connectivity index (χ1) is 13.5. The van der Waals surface area contributed by atoms with E-state index in [2.05, 4.69) is 22.2 Å². The van der Waals surface area contributed by atoms with E-state index < -0.39 is 10.0 Å². The highest BCUT2D eigenvalue weighted by atomic mass is 32.2. The van der Waals surface area contributed by atoms with Crippen molar-refractivity contribution in [3.8, 4) is 11.1 Å². The van der Waals surface area contributed by atoms with Crippen LogP contribution in [0.5, 0.6) is 0 Å². The van der Waals surface area contributed by atoms with E-state index >= 15 is 0 Å². The Labute approximate surface area is 163 Å². The van der Waals surface area contributed by atoms with Crippen LogP contribution in [-0.4, -0.2) is 14.3 Å². The molecule has 3 aromatic rings. The number of hydrogen-bond acceptors (Lipinski definition) is 3. The van der Waals surface area contributed by atoms with Gasteiger partial charge in [-0.05, 0) is 71.0 Å². The third-order valence-corrected chi connectivity index (χ3v) is 6.71. The van der Waals surface area contributed by atoms with Gasteiger partial charge in [-0.1, -0.05) is 30.3 Å². The lowest BCUT2D eigenvalue weighted by atomic mass is 10.0. The summed E-state index contributed by atoms with van der Waals surface area (Å²) in [6, 6.07) is 18.7. The number of benzene rings is 3. The number of rotatable bonds is 3. The number of aryl methyl sites for hydroxylation is 1. The van der Waals surface area contributed by atoms with Gasteiger partial charge >= 0.3 is 0 Å². The second-order valence-corrected chi connectivity index (χ2v) is 8.86. The minimum absolute atomic E-state index is 0.0413. The van der Waals surface area contributed by atoms with Gasteiger partial charge in [-0.15, -0.1) is 0 Å². The van der Waals surface area contributed by atoms with E-state index in [0.717, 1.165) is 23.1 Å². The van der Waals surface area contributed by atoms with Gasteiger partial charge in [-0.25, -0.2) is 8.42 Å². The quantitative estimate of drug-likeness (QED) is 0.556. The molecule has 1 aliphatic carbocycles. The molecule has 0 aromatic heterocycles. The fourth-order valence-corrected chi connectivity index (χ4v) is 5.05. The number of sulfonamides is 1. The Morgan fingerprint density at radius 1 is 0.821 bits per heavy atom. The number of amides is 1. The molecule has 5 rings (SSSR count). The van der Waals surface area contributed by atoms with Crippen molar-refractivity contribution in [1.82, 2.24) is 0 Å². The molecule has 0 radical (unpaired) electrons. The van der Waals surface area contributed by atoms with E-state index in [-0.39, 0.29) is 10.8 Å². The van der Waals surface area contributed by atoms with Crippen LogP contribution in [0.3, 0.4) is 0 Å². The van der Waals surface area contributed by atoms with Crippen molar-refractivity contribution in [2.45, 2.75) is 24.2 Å². The molecule has 0 atom stereocenters. The highest BCUT2D eigenvalue weighted by Gasteiger charge is 2.22. The largest absolute Gasteiger partial charge is 0.326 e. The Bertz CT molecular complexity index is 1230. The predicted molar refractivity (Wildman–Crippen MR) is 109 cm³/mol. The Kier molecular flexibility index (Phi) is 3.77. The summed E-state index contributed by atoms with van der Waals surface area (Å²) in [7, 11) is -3.71. The minimum atomic E-state index is -3.71. The third-order valence-electron chi connectivity index (χ3n) is 5.33. The van der Waals surface area contributed by atoms with Gasteiger partial charge in [-0.3, -0.25) is 9.52 Å². The highest BCUT2D eigenvalue weighted by molar-refractivity contribution is 7.92. The Balaban J connectivity index is 1.43. The summed E-state index contributed by atoms with van der Waals surface area (Å²) in [4.78, 5) is 11.7. The zero-order valence-electron chi connectivity index (χ0n) is 15.0. The number of fused-ring (bicyclic) bond motifs is 4. The van der Waals surface area contributed by atoms with E-state index in [1.54, 1.807) is 18.2 Å². The van der Waals surface area contributed by atoms with Gasteiger partial charge < -0.3 is 5.32 Å². The summed E-state index contributed by atoms with van der Waals surface area (Å²) >= 11 is 0. The van der Waals surface area contributed by atoms with Crippen LogP contribution in [0.25, 0.3) is 11.1 Å². The van der Waals surface area contributed by atoms with Gasteiger partial charge in [-0.2, -0.15) is 0 Å². The van der Waals surface area contributed by atoms with Crippen LogP contribution in [0.2, 0.25) is 0 Å². The summed E-state index contributed by atoms with van der Waals surface area (Å²) in [6.45, 7) is 0. The van der Waals surface area contributed by atoms with Crippen molar-refractivity contribution in [2.75, 3.05) is 10.0 Å². The number of anilines is 2. The van der Waals surface area contributed by atoms with Gasteiger partial charge in [0.05, 0.1) is 4.90 Å². The molecule has 1 amide bonds. The first-order valence-corrected chi connectivity index (χ1v) is 10.6. The number of hydrogen-bond donors (Lipinski definition) is 2. The number of carbonyl (C=O) groups excluding carboxylic acids is 1. The molecule has 3 aromatic carbocycles. The van der Waals surface area contributed by atoms with E-state index in [1.807, 2.05) is 24.3 Å². The van der Waals surface area contributed by atoms with Crippen molar-refractivity contribution in [2.24, 2.45) is 0 Å². The normalized spacial score (nSPS) is 14.6. The monoisotopic (exact) mass is 390 g/mol. The smallest absolute Gasteiger partial charge is 0.261 e. The third kappa shape index (κ3) is 2.86. The maximum Gasteiger partial charge on any atom is 0.261 e. The molecule has 5 nitrogen and oxygen atoms in total. The second-order valence-electron chi connectivity index (χ2n) is 7.18. The molecule has 0 bridgehead atoms. The summed E-state index contributed by atoms with van der Waals surface area (Å²) in [5.41, 5.74) is 6.82. The van der Waals surface area contributed by atoms with Crippen LogP contribution in [0.15, 0.2) is 65.6 Å². The van der Waals surface area contributed by atoms with Crippen molar-refractivity contribution < 1.29 is 13.2 Å². The molecular formula is C22H18N2O3S.